The summed E-state index contributed by atoms with van der Waals surface area (Å²) in [4.78, 5) is 44.4. The molecule has 4 atom stereocenters. The third kappa shape index (κ3) is 2.16. The van der Waals surface area contributed by atoms with E-state index in [1.807, 2.05) is 26.0 Å². The second-order valence-electron chi connectivity index (χ2n) is 9.17. The van der Waals surface area contributed by atoms with Crippen molar-refractivity contribution >= 4 is 40.7 Å². The van der Waals surface area contributed by atoms with Crippen LogP contribution in [0.3, 0.4) is 0 Å². The number of aryl methyl sites for hydroxylation is 1. The third-order valence-corrected chi connectivity index (χ3v) is 8.15. The summed E-state index contributed by atoms with van der Waals surface area (Å²) in [6.07, 6.45) is 1.60. The fourth-order valence-corrected chi connectivity index (χ4v) is 6.57. The standard InChI is InChI=1S/C24H21ClFN3O3/c1-11-5-7-14-20(12(11)2)27-23(32)24(14)19-18(17-4-3-9-28(17)24)21(30)29(22(19)31)13-6-8-16(26)15(25)10-13/h5-8,10,17-19H,3-4,9H2,1-2H3,(H,27,32)/t17-,18-,19-,24-/m1/s1. The van der Waals surface area contributed by atoms with E-state index in [0.29, 0.717) is 6.54 Å². The van der Waals surface area contributed by atoms with Crippen LogP contribution in [0.25, 0.3) is 0 Å². The fraction of sp³-hybridized carbons (Fsp3) is 0.375. The summed E-state index contributed by atoms with van der Waals surface area (Å²) in [5, 5.41) is 2.88. The molecule has 1 N–H and O–H groups in total. The molecule has 4 aliphatic rings. The topological polar surface area (TPSA) is 69.7 Å². The van der Waals surface area contributed by atoms with E-state index in [0.717, 1.165) is 46.2 Å². The predicted octanol–water partition coefficient (Wildman–Crippen LogP) is 3.53. The Balaban J connectivity index is 1.56. The Labute approximate surface area is 189 Å². The molecular formula is C24H21ClFN3O3. The quantitative estimate of drug-likeness (QED) is 0.671. The van der Waals surface area contributed by atoms with Crippen LogP contribution in [0.1, 0.15) is 29.5 Å². The molecule has 8 heteroatoms. The number of halogens is 2. The number of hydrogen-bond acceptors (Lipinski definition) is 4. The van der Waals surface area contributed by atoms with Gasteiger partial charge in [-0.2, -0.15) is 0 Å². The number of anilines is 2. The van der Waals surface area contributed by atoms with Crippen LogP contribution >= 0.6 is 11.6 Å². The molecule has 0 aliphatic carbocycles. The van der Waals surface area contributed by atoms with Crippen LogP contribution in [0.4, 0.5) is 15.8 Å². The Kier molecular flexibility index (Phi) is 3.97. The van der Waals surface area contributed by atoms with Crippen LogP contribution in [0.2, 0.25) is 5.02 Å². The fourth-order valence-electron chi connectivity index (χ4n) is 6.40. The molecule has 32 heavy (non-hydrogen) atoms. The van der Waals surface area contributed by atoms with Crippen molar-refractivity contribution in [3.63, 3.8) is 0 Å². The van der Waals surface area contributed by atoms with Crippen molar-refractivity contribution in [2.75, 3.05) is 16.8 Å². The van der Waals surface area contributed by atoms with E-state index in [1.54, 1.807) is 0 Å². The molecule has 0 saturated carbocycles. The number of fused-ring (bicyclic) bond motifs is 7. The van der Waals surface area contributed by atoms with Crippen LogP contribution in [-0.4, -0.2) is 35.2 Å². The molecule has 4 heterocycles. The average Bonchev–Trinajstić information content (AvgIpc) is 3.46. The first-order valence-corrected chi connectivity index (χ1v) is 11.2. The molecule has 0 bridgehead atoms. The first-order valence-electron chi connectivity index (χ1n) is 10.8. The van der Waals surface area contributed by atoms with Crippen molar-refractivity contribution in [3.05, 3.63) is 57.9 Å². The minimum atomic E-state index is -1.22. The van der Waals surface area contributed by atoms with E-state index >= 15 is 0 Å². The zero-order chi connectivity index (χ0) is 22.5. The highest BCUT2D eigenvalue weighted by Crippen LogP contribution is 2.61. The van der Waals surface area contributed by atoms with Crippen LogP contribution in [0.5, 0.6) is 0 Å². The van der Waals surface area contributed by atoms with Gasteiger partial charge in [-0.3, -0.25) is 19.3 Å². The molecule has 0 unspecified atom stereocenters. The van der Waals surface area contributed by atoms with Crippen molar-refractivity contribution in [2.24, 2.45) is 11.8 Å². The maximum atomic E-state index is 13.9. The van der Waals surface area contributed by atoms with Gasteiger partial charge in [-0.05, 0) is 62.6 Å². The average molecular weight is 454 g/mol. The van der Waals surface area contributed by atoms with E-state index < -0.39 is 29.1 Å². The number of carbonyl (C=O) groups is 3. The van der Waals surface area contributed by atoms with Crippen molar-refractivity contribution in [1.82, 2.24) is 4.90 Å². The van der Waals surface area contributed by atoms with Crippen molar-refractivity contribution in [1.29, 1.82) is 0 Å². The summed E-state index contributed by atoms with van der Waals surface area (Å²) in [6.45, 7) is 4.59. The Morgan fingerprint density at radius 1 is 1.12 bits per heavy atom. The molecule has 3 fully saturated rings. The van der Waals surface area contributed by atoms with Crippen LogP contribution in [0, 0.1) is 31.5 Å². The summed E-state index contributed by atoms with van der Waals surface area (Å²) in [7, 11) is 0. The van der Waals surface area contributed by atoms with Gasteiger partial charge in [0.15, 0.2) is 0 Å². The number of carbonyl (C=O) groups excluding carboxylic acids is 3. The van der Waals surface area contributed by atoms with Crippen molar-refractivity contribution in [2.45, 2.75) is 38.3 Å². The van der Waals surface area contributed by atoms with Gasteiger partial charge < -0.3 is 5.32 Å². The summed E-state index contributed by atoms with van der Waals surface area (Å²) >= 11 is 5.94. The third-order valence-electron chi connectivity index (χ3n) is 7.86. The summed E-state index contributed by atoms with van der Waals surface area (Å²) in [5.41, 5.74) is 2.54. The van der Waals surface area contributed by atoms with E-state index in [2.05, 4.69) is 10.2 Å². The second-order valence-corrected chi connectivity index (χ2v) is 9.57. The maximum absolute atomic E-state index is 13.9. The van der Waals surface area contributed by atoms with Gasteiger partial charge in [0.1, 0.15) is 11.4 Å². The highest BCUT2D eigenvalue weighted by molar-refractivity contribution is 6.32. The molecule has 6 rings (SSSR count). The predicted molar refractivity (Wildman–Crippen MR) is 117 cm³/mol. The Morgan fingerprint density at radius 2 is 1.91 bits per heavy atom. The van der Waals surface area contributed by atoms with Crippen LogP contribution in [0.15, 0.2) is 30.3 Å². The smallest absolute Gasteiger partial charge is 0.250 e. The van der Waals surface area contributed by atoms with Crippen molar-refractivity contribution < 1.29 is 18.8 Å². The molecule has 3 saturated heterocycles. The minimum absolute atomic E-state index is 0.160. The Hall–Kier alpha value is -2.77. The molecule has 6 nitrogen and oxygen atoms in total. The number of hydrogen-bond donors (Lipinski definition) is 1. The van der Waals surface area contributed by atoms with Gasteiger partial charge in [-0.25, -0.2) is 9.29 Å². The highest BCUT2D eigenvalue weighted by Gasteiger charge is 2.74. The largest absolute Gasteiger partial charge is 0.324 e. The molecule has 2 aromatic rings. The molecule has 0 aromatic heterocycles. The van der Waals surface area contributed by atoms with Crippen LogP contribution < -0.4 is 10.2 Å². The summed E-state index contributed by atoms with van der Waals surface area (Å²) < 4.78 is 13.7. The Bertz CT molecular complexity index is 1250. The van der Waals surface area contributed by atoms with Gasteiger partial charge >= 0.3 is 0 Å². The normalized spacial score (nSPS) is 30.8. The molecule has 164 valence electrons. The van der Waals surface area contributed by atoms with Gasteiger partial charge in [0.2, 0.25) is 17.7 Å². The number of nitrogens with zero attached hydrogens (tertiary/aromatic N) is 2. The van der Waals surface area contributed by atoms with Gasteiger partial charge in [-0.1, -0.05) is 23.7 Å². The van der Waals surface area contributed by atoms with Gasteiger partial charge in [0.25, 0.3) is 0 Å². The Morgan fingerprint density at radius 3 is 2.66 bits per heavy atom. The molecule has 2 aromatic carbocycles. The zero-order valence-corrected chi connectivity index (χ0v) is 18.4. The first-order chi connectivity index (χ1) is 15.3. The van der Waals surface area contributed by atoms with E-state index in [9.17, 15) is 18.8 Å². The zero-order valence-electron chi connectivity index (χ0n) is 17.6. The lowest BCUT2D eigenvalue weighted by Crippen LogP contribution is -2.54. The molecule has 3 amide bonds. The van der Waals surface area contributed by atoms with Gasteiger partial charge in [-0.15, -0.1) is 0 Å². The SMILES string of the molecule is Cc1ccc2c(c1C)NC(=O)[C@]21[C@H]2C(=O)N(c3ccc(F)c(Cl)c3)C(=O)[C@@H]2[C@H]2CCCN21. The van der Waals surface area contributed by atoms with E-state index in [4.69, 9.17) is 11.6 Å². The highest BCUT2D eigenvalue weighted by atomic mass is 35.5. The van der Waals surface area contributed by atoms with E-state index in [-0.39, 0.29) is 28.6 Å². The van der Waals surface area contributed by atoms with E-state index in [1.165, 1.54) is 12.1 Å². The molecule has 1 spiro atoms. The van der Waals surface area contributed by atoms with Gasteiger partial charge in [0, 0.05) is 17.3 Å². The lowest BCUT2D eigenvalue weighted by Gasteiger charge is -2.36. The number of rotatable bonds is 1. The number of nitrogens with one attached hydrogen (secondary N) is 1. The molecular weight excluding hydrogens is 433 g/mol. The lowest BCUT2D eigenvalue weighted by molar-refractivity contribution is -0.135. The van der Waals surface area contributed by atoms with Crippen LogP contribution in [-0.2, 0) is 19.9 Å². The number of benzene rings is 2. The molecule has 0 radical (unpaired) electrons. The lowest BCUT2D eigenvalue weighted by atomic mass is 9.75. The second kappa shape index (κ2) is 6.39. The first kappa shape index (κ1) is 19.9. The number of amides is 3. The monoisotopic (exact) mass is 453 g/mol. The number of imide groups is 1. The summed E-state index contributed by atoms with van der Waals surface area (Å²) in [5.74, 6) is -3.12. The maximum Gasteiger partial charge on any atom is 0.250 e. The van der Waals surface area contributed by atoms with Crippen molar-refractivity contribution in [3.8, 4) is 0 Å². The van der Waals surface area contributed by atoms with Gasteiger partial charge in [0.05, 0.1) is 22.5 Å². The summed E-state index contributed by atoms with van der Waals surface area (Å²) in [6, 6.07) is 7.51. The minimum Gasteiger partial charge on any atom is -0.324 e. The molecule has 4 aliphatic heterocycles.